The Labute approximate surface area is 449 Å². The van der Waals surface area contributed by atoms with Crippen LogP contribution in [0.2, 0.25) is 0 Å². The Kier molecular flexibility index (Phi) is 17.5. The van der Waals surface area contributed by atoms with Crippen molar-refractivity contribution in [3.8, 4) is 0 Å². The first kappa shape index (κ1) is 55.8. The molecule has 0 aliphatic carbocycles. The maximum atomic E-state index is 14.8. The lowest BCUT2D eigenvalue weighted by Gasteiger charge is -2.40. The summed E-state index contributed by atoms with van der Waals surface area (Å²) in [7, 11) is -4.76. The number of carbonyl (C=O) groups is 3. The Morgan fingerprint density at radius 3 is 1.91 bits per heavy atom. The molecular weight excluding hydrogens is 1130 g/mol. The number of sulfonamides is 2. The zero-order chi connectivity index (χ0) is 53.8. The third-order valence-corrected chi connectivity index (χ3v) is 18.7. The van der Waals surface area contributed by atoms with Crippen molar-refractivity contribution in [2.24, 2.45) is 4.99 Å². The van der Waals surface area contributed by atoms with Gasteiger partial charge in [0.15, 0.2) is 5.96 Å². The van der Waals surface area contributed by atoms with Crippen LogP contribution in [0.5, 0.6) is 0 Å². The molecule has 75 heavy (non-hydrogen) atoms. The standard InChI is InChI=1S/C51H62F3IN10O8S2/c1-34(2)37-9-15-40(16-10-37)74(69,70)64-22-20-63(32-46(64)49(68)56-28-35-5-11-38(12-6-35)51(52,53)54)50-58-30-44(59-50)42-27-41(17-18-43(42)55)75(71,72)65-21-19-62(47(66)33-61-23-25-73-26-24-61)31-45(65)48(67)57-29-36-7-13-39(14-8-36)60(3)4/h5-18,27,34,44-46H,19-26,28-33H2,1-4H3,(H,56,68)(H,57,67)(H,58,59). The zero-order valence-electron chi connectivity index (χ0n) is 42.1. The van der Waals surface area contributed by atoms with Crippen molar-refractivity contribution in [2.45, 2.75) is 66.9 Å². The number of benzene rings is 4. The van der Waals surface area contributed by atoms with Crippen molar-refractivity contribution < 1.29 is 49.1 Å². The second-order valence-electron chi connectivity index (χ2n) is 19.4. The number of hydrogen-bond donors (Lipinski definition) is 3. The second-order valence-corrected chi connectivity index (χ2v) is 24.3. The number of morpholine rings is 1. The molecule has 3 unspecified atom stereocenters. The quantitative estimate of drug-likeness (QED) is 0.145. The fraction of sp³-hybridized carbons (Fsp3) is 0.451. The number of guanidine groups is 1. The highest BCUT2D eigenvalue weighted by atomic mass is 127. The summed E-state index contributed by atoms with van der Waals surface area (Å²) in [6, 6.07) is 20.0. The minimum atomic E-state index is -4.54. The van der Waals surface area contributed by atoms with E-state index in [2.05, 4.69) is 38.5 Å². The minimum Gasteiger partial charge on any atom is -0.379 e. The molecule has 4 heterocycles. The van der Waals surface area contributed by atoms with Crippen LogP contribution in [-0.2, 0) is 58.4 Å². The maximum Gasteiger partial charge on any atom is 0.416 e. The van der Waals surface area contributed by atoms with Crippen molar-refractivity contribution in [3.63, 3.8) is 0 Å². The summed E-state index contributed by atoms with van der Waals surface area (Å²) in [6.45, 7) is 6.02. The third kappa shape index (κ3) is 13.1. The first-order valence-corrected chi connectivity index (χ1v) is 28.6. The van der Waals surface area contributed by atoms with Crippen LogP contribution < -0.4 is 20.9 Å². The number of alkyl halides is 3. The van der Waals surface area contributed by atoms with Gasteiger partial charge in [0.2, 0.25) is 37.8 Å². The molecule has 3 amide bonds. The van der Waals surface area contributed by atoms with Crippen molar-refractivity contribution >= 4 is 72.0 Å². The van der Waals surface area contributed by atoms with Crippen LogP contribution in [0.1, 0.15) is 53.6 Å². The molecule has 0 spiro atoms. The summed E-state index contributed by atoms with van der Waals surface area (Å²) in [5, 5.41) is 9.03. The first-order chi connectivity index (χ1) is 35.6. The van der Waals surface area contributed by atoms with E-state index in [-0.39, 0.29) is 87.1 Å². The summed E-state index contributed by atoms with van der Waals surface area (Å²) < 4.78 is 107. The molecule has 4 aromatic carbocycles. The predicted octanol–water partition coefficient (Wildman–Crippen LogP) is 4.04. The smallest absolute Gasteiger partial charge is 0.379 e. The van der Waals surface area contributed by atoms with Gasteiger partial charge in [0.1, 0.15) is 12.1 Å². The molecule has 0 bridgehead atoms. The van der Waals surface area contributed by atoms with Gasteiger partial charge in [0, 0.05) is 88.8 Å². The molecule has 0 radical (unpaired) electrons. The first-order valence-electron chi connectivity index (χ1n) is 24.6. The van der Waals surface area contributed by atoms with Crippen LogP contribution in [0, 0.1) is 3.57 Å². The number of hydrogen-bond acceptors (Lipinski definition) is 13. The van der Waals surface area contributed by atoms with Gasteiger partial charge in [-0.25, -0.2) is 16.8 Å². The van der Waals surface area contributed by atoms with E-state index in [9.17, 15) is 44.4 Å². The molecule has 0 aromatic heterocycles. The monoisotopic (exact) mass is 1190 g/mol. The SMILES string of the molecule is CC(C)c1ccc(S(=O)(=O)N2CCN(C3=NCC(c4cc(S(=O)(=O)N5CCN(C(=O)CN6CCOCC6)CC5C(=O)NCc5ccc(N(C)C)cc5)ccc4I)N3)CC2C(=O)NCc2ccc(C(F)(F)F)cc2)cc1. The predicted molar refractivity (Wildman–Crippen MR) is 285 cm³/mol. The van der Waals surface area contributed by atoms with Gasteiger partial charge in [0.05, 0.1) is 47.7 Å². The number of halogens is 4. The molecular formula is C51H62F3IN10O8S2. The molecule has 404 valence electrons. The van der Waals surface area contributed by atoms with Gasteiger partial charge in [-0.2, -0.15) is 21.8 Å². The van der Waals surface area contributed by atoms with E-state index in [1.165, 1.54) is 34.6 Å². The van der Waals surface area contributed by atoms with E-state index >= 15 is 0 Å². The highest BCUT2D eigenvalue weighted by Gasteiger charge is 2.44. The average molecular weight is 1190 g/mol. The van der Waals surface area contributed by atoms with Gasteiger partial charge in [-0.1, -0.05) is 50.2 Å². The summed E-state index contributed by atoms with van der Waals surface area (Å²) in [5.74, 6) is -0.933. The number of rotatable bonds is 15. The number of carbonyl (C=O) groups excluding carboxylic acids is 3. The number of nitrogens with one attached hydrogen (secondary N) is 3. The van der Waals surface area contributed by atoms with E-state index in [1.807, 2.05) is 62.0 Å². The summed E-state index contributed by atoms with van der Waals surface area (Å²) in [6.07, 6.45) is -4.54. The molecule has 24 heteroatoms. The molecule has 18 nitrogen and oxygen atoms in total. The lowest BCUT2D eigenvalue weighted by Crippen LogP contribution is -2.62. The Morgan fingerprint density at radius 2 is 1.32 bits per heavy atom. The molecule has 4 aliphatic heterocycles. The number of amides is 3. The molecule has 3 atom stereocenters. The Bertz CT molecular complexity index is 2960. The van der Waals surface area contributed by atoms with E-state index < -0.39 is 61.7 Å². The molecule has 3 fully saturated rings. The van der Waals surface area contributed by atoms with Crippen molar-refractivity contribution in [1.82, 2.24) is 39.3 Å². The Morgan fingerprint density at radius 1 is 0.760 bits per heavy atom. The number of nitrogens with zero attached hydrogens (tertiary/aromatic N) is 7. The highest BCUT2D eigenvalue weighted by molar-refractivity contribution is 14.1. The van der Waals surface area contributed by atoms with Gasteiger partial charge in [-0.05, 0) is 105 Å². The number of aliphatic imine (C=N–C) groups is 1. The summed E-state index contributed by atoms with van der Waals surface area (Å²) >= 11 is 2.12. The van der Waals surface area contributed by atoms with Crippen molar-refractivity contribution in [3.05, 3.63) is 122 Å². The minimum absolute atomic E-state index is 0.00112. The van der Waals surface area contributed by atoms with Gasteiger partial charge in [-0.15, -0.1) is 0 Å². The summed E-state index contributed by atoms with van der Waals surface area (Å²) in [4.78, 5) is 53.9. The molecule has 3 saturated heterocycles. The zero-order valence-corrected chi connectivity index (χ0v) is 45.9. The van der Waals surface area contributed by atoms with Crippen molar-refractivity contribution in [2.75, 3.05) is 97.7 Å². The highest BCUT2D eigenvalue weighted by Crippen LogP contribution is 2.32. The van der Waals surface area contributed by atoms with Crippen molar-refractivity contribution in [1.29, 1.82) is 0 Å². The Hall–Kier alpha value is -5.38. The topological polar surface area (TPSA) is 197 Å². The van der Waals surface area contributed by atoms with Gasteiger partial charge in [-0.3, -0.25) is 24.3 Å². The molecule has 4 aliphatic rings. The van der Waals surface area contributed by atoms with Crippen LogP contribution in [-0.4, -0.2) is 169 Å². The van der Waals surface area contributed by atoms with E-state index in [0.29, 0.717) is 47.0 Å². The van der Waals surface area contributed by atoms with E-state index in [1.54, 1.807) is 34.1 Å². The van der Waals surface area contributed by atoms with Crippen LogP contribution in [0.3, 0.4) is 0 Å². The fourth-order valence-corrected chi connectivity index (χ4v) is 13.3. The largest absolute Gasteiger partial charge is 0.416 e. The second kappa shape index (κ2) is 23.5. The van der Waals surface area contributed by atoms with Crippen LogP contribution >= 0.6 is 22.6 Å². The average Bonchev–Trinajstić information content (AvgIpc) is 3.90. The maximum absolute atomic E-state index is 14.8. The van der Waals surface area contributed by atoms with Crippen LogP contribution in [0.4, 0.5) is 18.9 Å². The van der Waals surface area contributed by atoms with E-state index in [4.69, 9.17) is 9.73 Å². The number of piperazine rings is 2. The van der Waals surface area contributed by atoms with Crippen LogP contribution in [0.15, 0.2) is 106 Å². The normalized spacial score (nSPS) is 20.4. The number of anilines is 1. The van der Waals surface area contributed by atoms with Gasteiger partial charge >= 0.3 is 6.18 Å². The van der Waals surface area contributed by atoms with E-state index in [0.717, 1.165) is 33.3 Å². The molecule has 3 N–H and O–H groups in total. The lowest BCUT2D eigenvalue weighted by molar-refractivity contribution is -0.138. The summed E-state index contributed by atoms with van der Waals surface area (Å²) in [5.41, 5.74) is 2.83. The lowest BCUT2D eigenvalue weighted by atomic mass is 10.0. The Balaban J connectivity index is 0.993. The third-order valence-electron chi connectivity index (χ3n) is 13.9. The molecule has 0 saturated carbocycles. The fourth-order valence-electron chi connectivity index (χ4n) is 9.38. The van der Waals surface area contributed by atoms with Gasteiger partial charge < -0.3 is 35.4 Å². The molecule has 4 aromatic rings. The number of ether oxygens (including phenoxy) is 1. The molecule has 8 rings (SSSR count). The van der Waals surface area contributed by atoms with Gasteiger partial charge in [0.25, 0.3) is 0 Å². The van der Waals surface area contributed by atoms with Crippen LogP contribution in [0.25, 0.3) is 0 Å².